The van der Waals surface area contributed by atoms with Gasteiger partial charge in [-0.3, -0.25) is 14.5 Å². The molecule has 2 heterocycles. The van der Waals surface area contributed by atoms with Gasteiger partial charge < -0.3 is 9.84 Å². The van der Waals surface area contributed by atoms with E-state index in [1.807, 2.05) is 19.1 Å². The Morgan fingerprint density at radius 2 is 1.69 bits per heavy atom. The molecule has 0 aliphatic carbocycles. The van der Waals surface area contributed by atoms with E-state index in [1.54, 1.807) is 25.3 Å². The van der Waals surface area contributed by atoms with Crippen LogP contribution in [0.3, 0.4) is 0 Å². The Kier molecular flexibility index (Phi) is 6.23. The number of benzene rings is 2. The molecule has 0 saturated carbocycles. The first kappa shape index (κ1) is 24.5. The molecule has 5 nitrogen and oxygen atoms in total. The fourth-order valence-corrected chi connectivity index (χ4v) is 5.39. The number of amides is 1. The Labute approximate surface area is 204 Å². The number of alkyl halides is 3. The zero-order valence-electron chi connectivity index (χ0n) is 19.4. The molecule has 1 amide bonds. The summed E-state index contributed by atoms with van der Waals surface area (Å²) in [5, 5.41) is 13.2. The lowest BCUT2D eigenvalue weighted by molar-refractivity contribution is -0.137. The van der Waals surface area contributed by atoms with E-state index in [1.165, 1.54) is 18.4 Å². The third-order valence-corrected chi connectivity index (χ3v) is 7.02. The predicted molar refractivity (Wildman–Crippen MR) is 128 cm³/mol. The average molecular weight is 502 g/mol. The molecule has 3 aromatic rings. The number of anilines is 1. The standard InChI is InChI=1S/C26H22F3NO4S/c1-13-11-15(3)23(34-4)18(12-13)21(31)19-20(24-14(2)9-10-35-24)30(25(33)22(19)32)17-7-5-16(6-8-17)26(27,28)29/h5-12,20,31H,1-4H3/b21-19+. The maximum atomic E-state index is 13.3. The van der Waals surface area contributed by atoms with Gasteiger partial charge >= 0.3 is 6.18 Å². The maximum absolute atomic E-state index is 13.3. The van der Waals surface area contributed by atoms with Gasteiger partial charge in [-0.25, -0.2) is 0 Å². The van der Waals surface area contributed by atoms with Crippen molar-refractivity contribution in [1.82, 2.24) is 0 Å². The van der Waals surface area contributed by atoms with Gasteiger partial charge in [0.15, 0.2) is 0 Å². The molecule has 1 fully saturated rings. The van der Waals surface area contributed by atoms with E-state index in [-0.39, 0.29) is 16.8 Å². The minimum Gasteiger partial charge on any atom is -0.507 e. The summed E-state index contributed by atoms with van der Waals surface area (Å²) in [7, 11) is 1.44. The van der Waals surface area contributed by atoms with E-state index < -0.39 is 35.2 Å². The number of methoxy groups -OCH3 is 1. The first-order valence-corrected chi connectivity index (χ1v) is 11.5. The number of nitrogens with zero attached hydrogens (tertiary/aromatic N) is 1. The summed E-state index contributed by atoms with van der Waals surface area (Å²) in [6, 6.07) is 8.34. The van der Waals surface area contributed by atoms with Gasteiger partial charge in [0.05, 0.1) is 23.8 Å². The number of thiophene rings is 1. The van der Waals surface area contributed by atoms with E-state index in [0.29, 0.717) is 10.6 Å². The minimum absolute atomic E-state index is 0.115. The van der Waals surface area contributed by atoms with Crippen LogP contribution in [0, 0.1) is 20.8 Å². The van der Waals surface area contributed by atoms with Gasteiger partial charge in [0.2, 0.25) is 0 Å². The highest BCUT2D eigenvalue weighted by Crippen LogP contribution is 2.46. The maximum Gasteiger partial charge on any atom is 0.416 e. The summed E-state index contributed by atoms with van der Waals surface area (Å²) in [5.74, 6) is -1.91. The van der Waals surface area contributed by atoms with Crippen molar-refractivity contribution in [3.63, 3.8) is 0 Å². The van der Waals surface area contributed by atoms with Gasteiger partial charge in [-0.05, 0) is 79.2 Å². The van der Waals surface area contributed by atoms with E-state index in [0.717, 1.165) is 45.9 Å². The molecule has 9 heteroatoms. The second-order valence-corrected chi connectivity index (χ2v) is 9.29. The number of ether oxygens (including phenoxy) is 1. The van der Waals surface area contributed by atoms with E-state index >= 15 is 0 Å². The molecule has 1 aromatic heterocycles. The van der Waals surface area contributed by atoms with E-state index in [4.69, 9.17) is 4.74 Å². The van der Waals surface area contributed by atoms with Crippen LogP contribution in [0.25, 0.3) is 5.76 Å². The average Bonchev–Trinajstić information content (AvgIpc) is 3.32. The molecule has 4 rings (SSSR count). The molecule has 182 valence electrons. The normalized spacial score (nSPS) is 17.8. The fourth-order valence-electron chi connectivity index (χ4n) is 4.37. The van der Waals surface area contributed by atoms with E-state index in [9.17, 15) is 27.9 Å². The second kappa shape index (κ2) is 8.88. The van der Waals surface area contributed by atoms with Crippen LogP contribution in [0.5, 0.6) is 5.75 Å². The highest BCUT2D eigenvalue weighted by molar-refractivity contribution is 7.10. The number of ketones is 1. The zero-order chi connectivity index (χ0) is 25.7. The Balaban J connectivity index is 1.96. The number of hydrogen-bond acceptors (Lipinski definition) is 5. The monoisotopic (exact) mass is 501 g/mol. The van der Waals surface area contributed by atoms with Crippen molar-refractivity contribution in [2.24, 2.45) is 0 Å². The van der Waals surface area contributed by atoms with Crippen molar-refractivity contribution in [3.8, 4) is 5.75 Å². The molecule has 35 heavy (non-hydrogen) atoms. The van der Waals surface area contributed by atoms with Crippen molar-refractivity contribution in [1.29, 1.82) is 0 Å². The molecule has 1 N–H and O–H groups in total. The van der Waals surface area contributed by atoms with Gasteiger partial charge in [0.25, 0.3) is 11.7 Å². The van der Waals surface area contributed by atoms with Gasteiger partial charge in [-0.2, -0.15) is 13.2 Å². The van der Waals surface area contributed by atoms with Gasteiger partial charge in [0, 0.05) is 10.6 Å². The third-order valence-electron chi connectivity index (χ3n) is 5.95. The Hall–Kier alpha value is -3.59. The number of carbonyl (C=O) groups excluding carboxylic acids is 2. The lowest BCUT2D eigenvalue weighted by atomic mass is 9.95. The smallest absolute Gasteiger partial charge is 0.416 e. The van der Waals surface area contributed by atoms with Crippen LogP contribution >= 0.6 is 11.3 Å². The molecular formula is C26H22F3NO4S. The zero-order valence-corrected chi connectivity index (χ0v) is 20.2. The van der Waals surface area contributed by atoms with Crippen molar-refractivity contribution in [2.75, 3.05) is 12.0 Å². The summed E-state index contributed by atoms with van der Waals surface area (Å²) in [6.45, 7) is 5.42. The molecule has 1 atom stereocenters. The third kappa shape index (κ3) is 4.20. The molecule has 1 unspecified atom stereocenters. The molecule has 0 radical (unpaired) electrons. The number of aliphatic hydroxyl groups is 1. The summed E-state index contributed by atoms with van der Waals surface area (Å²) < 4.78 is 44.8. The SMILES string of the molecule is COc1c(C)cc(C)cc1/C(O)=C1\C(=O)C(=O)N(c2ccc(C(F)(F)F)cc2)C1c1sccc1C. The van der Waals surface area contributed by atoms with Crippen molar-refractivity contribution >= 4 is 34.5 Å². The van der Waals surface area contributed by atoms with Gasteiger partial charge in [-0.1, -0.05) is 6.07 Å². The molecule has 1 aliphatic heterocycles. The summed E-state index contributed by atoms with van der Waals surface area (Å²) in [4.78, 5) is 28.3. The van der Waals surface area contributed by atoms with Crippen LogP contribution in [-0.2, 0) is 15.8 Å². The number of halogens is 3. The number of hydrogen-bond donors (Lipinski definition) is 1. The second-order valence-electron chi connectivity index (χ2n) is 8.34. The topological polar surface area (TPSA) is 66.8 Å². The Morgan fingerprint density at radius 1 is 1.03 bits per heavy atom. The van der Waals surface area contributed by atoms with Crippen molar-refractivity contribution < 1.29 is 32.6 Å². The van der Waals surface area contributed by atoms with Crippen LogP contribution in [-0.4, -0.2) is 23.9 Å². The highest BCUT2D eigenvalue weighted by atomic mass is 32.1. The fraction of sp³-hybridized carbons (Fsp3) is 0.231. The number of aliphatic hydroxyl groups excluding tert-OH is 1. The van der Waals surface area contributed by atoms with Gasteiger partial charge in [-0.15, -0.1) is 11.3 Å². The summed E-state index contributed by atoms with van der Waals surface area (Å²) >= 11 is 1.29. The van der Waals surface area contributed by atoms with Crippen molar-refractivity contribution in [3.05, 3.63) is 86.1 Å². The molecular weight excluding hydrogens is 479 g/mol. The first-order valence-electron chi connectivity index (χ1n) is 10.6. The first-order chi connectivity index (χ1) is 16.5. The molecule has 0 bridgehead atoms. The number of Topliss-reactive ketones (excluding diaryl/α,β-unsaturated/α-hetero) is 1. The Bertz CT molecular complexity index is 1360. The van der Waals surface area contributed by atoms with Crippen LogP contribution in [0.15, 0.2) is 53.4 Å². The largest absolute Gasteiger partial charge is 0.507 e. The van der Waals surface area contributed by atoms with Gasteiger partial charge in [0.1, 0.15) is 17.6 Å². The molecule has 2 aromatic carbocycles. The predicted octanol–water partition coefficient (Wildman–Crippen LogP) is 6.33. The van der Waals surface area contributed by atoms with E-state index in [2.05, 4.69) is 0 Å². The molecule has 1 aliphatic rings. The summed E-state index contributed by atoms with van der Waals surface area (Å²) in [5.41, 5.74) is 1.67. The summed E-state index contributed by atoms with van der Waals surface area (Å²) in [6.07, 6.45) is -4.55. The van der Waals surface area contributed by atoms with Crippen LogP contribution in [0.2, 0.25) is 0 Å². The lowest BCUT2D eigenvalue weighted by Crippen LogP contribution is -2.29. The van der Waals surface area contributed by atoms with Crippen LogP contribution in [0.4, 0.5) is 18.9 Å². The van der Waals surface area contributed by atoms with Crippen LogP contribution in [0.1, 0.15) is 38.7 Å². The molecule has 1 saturated heterocycles. The molecule has 0 spiro atoms. The van der Waals surface area contributed by atoms with Crippen molar-refractivity contribution in [2.45, 2.75) is 33.0 Å². The Morgan fingerprint density at radius 3 is 2.23 bits per heavy atom. The van der Waals surface area contributed by atoms with Crippen LogP contribution < -0.4 is 9.64 Å². The number of aryl methyl sites for hydroxylation is 3. The lowest BCUT2D eigenvalue weighted by Gasteiger charge is -2.25. The number of carbonyl (C=O) groups is 2. The quantitative estimate of drug-likeness (QED) is 0.258. The highest BCUT2D eigenvalue weighted by Gasteiger charge is 2.48. The minimum atomic E-state index is -4.55. The number of rotatable bonds is 4.